The van der Waals surface area contributed by atoms with E-state index in [4.69, 9.17) is 4.74 Å². The van der Waals surface area contributed by atoms with Gasteiger partial charge in [0, 0.05) is 7.11 Å². The molecule has 0 fully saturated rings. The number of hydrogen-bond acceptors (Lipinski definition) is 3. The van der Waals surface area contributed by atoms with Crippen molar-refractivity contribution < 1.29 is 21.9 Å². The fourth-order valence-electron chi connectivity index (χ4n) is 1.31. The van der Waals surface area contributed by atoms with Crippen LogP contribution in [-0.2, 0) is 21.2 Å². The van der Waals surface area contributed by atoms with E-state index in [1.807, 2.05) is 4.72 Å². The number of rotatable bonds is 7. The van der Waals surface area contributed by atoms with Crippen molar-refractivity contribution in [3.8, 4) is 0 Å². The minimum absolute atomic E-state index is 0.0238. The molecule has 0 unspecified atom stereocenters. The molecule has 0 bridgehead atoms. The third-order valence-corrected chi connectivity index (χ3v) is 3.70. The first-order valence-electron chi connectivity index (χ1n) is 5.31. The molecule has 0 atom stereocenters. The molecule has 0 aliphatic rings. The van der Waals surface area contributed by atoms with Gasteiger partial charge in [-0.25, -0.2) is 21.9 Å². The Morgan fingerprint density at radius 1 is 1.28 bits per heavy atom. The Bertz CT molecular complexity index is 460. The monoisotopic (exact) mass is 279 g/mol. The van der Waals surface area contributed by atoms with Crippen LogP contribution in [0.5, 0.6) is 0 Å². The second-order valence-corrected chi connectivity index (χ2v) is 5.40. The molecule has 18 heavy (non-hydrogen) atoms. The molecule has 0 aliphatic carbocycles. The van der Waals surface area contributed by atoms with Gasteiger partial charge >= 0.3 is 0 Å². The average molecular weight is 279 g/mol. The Morgan fingerprint density at radius 2 is 1.89 bits per heavy atom. The Hall–Kier alpha value is -1.05. The quantitative estimate of drug-likeness (QED) is 0.821. The minimum Gasteiger partial charge on any atom is -0.384 e. The molecule has 0 saturated carbocycles. The molecule has 0 aromatic heterocycles. The SMILES string of the molecule is COCCc1ccc(S(=O)(=O)NCC(F)F)cc1. The zero-order valence-corrected chi connectivity index (χ0v) is 10.7. The predicted molar refractivity (Wildman–Crippen MR) is 63.2 cm³/mol. The number of hydrogen-bond donors (Lipinski definition) is 1. The lowest BCUT2D eigenvalue weighted by atomic mass is 10.2. The molecule has 7 heteroatoms. The third-order valence-electron chi connectivity index (χ3n) is 2.26. The number of alkyl halides is 2. The molecule has 0 heterocycles. The first-order valence-corrected chi connectivity index (χ1v) is 6.79. The maximum atomic E-state index is 11.9. The van der Waals surface area contributed by atoms with Gasteiger partial charge in [-0.05, 0) is 24.1 Å². The molecule has 0 radical (unpaired) electrons. The van der Waals surface area contributed by atoms with E-state index in [2.05, 4.69) is 0 Å². The summed E-state index contributed by atoms with van der Waals surface area (Å²) in [5.41, 5.74) is 0.921. The molecule has 1 aromatic rings. The number of nitrogens with one attached hydrogen (secondary N) is 1. The molecule has 102 valence electrons. The summed E-state index contributed by atoms with van der Waals surface area (Å²) in [6, 6.07) is 6.05. The van der Waals surface area contributed by atoms with Crippen molar-refractivity contribution in [3.63, 3.8) is 0 Å². The molecule has 0 amide bonds. The Morgan fingerprint density at radius 3 is 2.39 bits per heavy atom. The summed E-state index contributed by atoms with van der Waals surface area (Å²) in [5.74, 6) is 0. The highest BCUT2D eigenvalue weighted by atomic mass is 32.2. The largest absolute Gasteiger partial charge is 0.384 e. The van der Waals surface area contributed by atoms with E-state index < -0.39 is 23.0 Å². The van der Waals surface area contributed by atoms with Crippen LogP contribution in [-0.4, -0.2) is 35.1 Å². The maximum Gasteiger partial charge on any atom is 0.251 e. The van der Waals surface area contributed by atoms with Gasteiger partial charge < -0.3 is 4.74 Å². The van der Waals surface area contributed by atoms with Gasteiger partial charge in [0.25, 0.3) is 6.43 Å². The lowest BCUT2D eigenvalue weighted by molar-refractivity contribution is 0.153. The van der Waals surface area contributed by atoms with E-state index in [1.165, 1.54) is 12.1 Å². The number of methoxy groups -OCH3 is 1. The van der Waals surface area contributed by atoms with Gasteiger partial charge in [0.15, 0.2) is 0 Å². The highest BCUT2D eigenvalue weighted by Gasteiger charge is 2.15. The molecule has 4 nitrogen and oxygen atoms in total. The van der Waals surface area contributed by atoms with Crippen molar-refractivity contribution in [2.24, 2.45) is 0 Å². The highest BCUT2D eigenvalue weighted by Crippen LogP contribution is 2.11. The first kappa shape index (κ1) is 15.0. The second-order valence-electron chi connectivity index (χ2n) is 3.63. The summed E-state index contributed by atoms with van der Waals surface area (Å²) in [5, 5.41) is 0. The standard InChI is InChI=1S/C11H15F2NO3S/c1-17-7-6-9-2-4-10(5-3-9)18(15,16)14-8-11(12)13/h2-5,11,14H,6-8H2,1H3. The van der Waals surface area contributed by atoms with Crippen molar-refractivity contribution in [1.29, 1.82) is 0 Å². The Kier molecular flexibility index (Phi) is 5.64. The number of sulfonamides is 1. The van der Waals surface area contributed by atoms with Gasteiger partial charge in [0.05, 0.1) is 18.0 Å². The Labute approximate surface area is 105 Å². The number of benzene rings is 1. The summed E-state index contributed by atoms with van der Waals surface area (Å²) in [4.78, 5) is -0.0238. The van der Waals surface area contributed by atoms with Gasteiger partial charge in [-0.2, -0.15) is 0 Å². The van der Waals surface area contributed by atoms with E-state index in [9.17, 15) is 17.2 Å². The topological polar surface area (TPSA) is 55.4 Å². The summed E-state index contributed by atoms with van der Waals surface area (Å²) >= 11 is 0. The zero-order valence-electron chi connectivity index (χ0n) is 9.90. The fourth-order valence-corrected chi connectivity index (χ4v) is 2.32. The zero-order chi connectivity index (χ0) is 13.6. The van der Waals surface area contributed by atoms with Gasteiger partial charge in [-0.15, -0.1) is 0 Å². The van der Waals surface area contributed by atoms with Crippen molar-refractivity contribution >= 4 is 10.0 Å². The van der Waals surface area contributed by atoms with Crippen LogP contribution in [0.4, 0.5) is 8.78 Å². The lowest BCUT2D eigenvalue weighted by Gasteiger charge is -2.07. The third kappa shape index (κ3) is 4.67. The normalized spacial score (nSPS) is 12.0. The van der Waals surface area contributed by atoms with Crippen LogP contribution in [0.3, 0.4) is 0 Å². The van der Waals surface area contributed by atoms with Gasteiger partial charge in [0.1, 0.15) is 0 Å². The van der Waals surface area contributed by atoms with Gasteiger partial charge in [-0.3, -0.25) is 0 Å². The van der Waals surface area contributed by atoms with Crippen molar-refractivity contribution in [2.45, 2.75) is 17.7 Å². The minimum atomic E-state index is -3.85. The van der Waals surface area contributed by atoms with E-state index >= 15 is 0 Å². The summed E-state index contributed by atoms with van der Waals surface area (Å²) < 4.78 is 53.8. The molecular weight excluding hydrogens is 264 g/mol. The fraction of sp³-hybridized carbons (Fsp3) is 0.455. The van der Waals surface area contributed by atoms with Crippen LogP contribution >= 0.6 is 0 Å². The van der Waals surface area contributed by atoms with Crippen molar-refractivity contribution in [3.05, 3.63) is 29.8 Å². The molecule has 0 aliphatic heterocycles. The second kappa shape index (κ2) is 6.77. The summed E-state index contributed by atoms with van der Waals surface area (Å²) in [6.07, 6.45) is -2.04. The molecule has 0 saturated heterocycles. The summed E-state index contributed by atoms with van der Waals surface area (Å²) in [6.45, 7) is -0.344. The number of halogens is 2. The van der Waals surface area contributed by atoms with E-state index in [0.29, 0.717) is 13.0 Å². The molecule has 1 N–H and O–H groups in total. The van der Waals surface area contributed by atoms with Gasteiger partial charge in [0.2, 0.25) is 10.0 Å². The van der Waals surface area contributed by atoms with Crippen LogP contribution < -0.4 is 4.72 Å². The predicted octanol–water partition coefficient (Wildman–Crippen LogP) is 1.42. The van der Waals surface area contributed by atoms with Crippen LogP contribution in [0.25, 0.3) is 0 Å². The van der Waals surface area contributed by atoms with E-state index in [0.717, 1.165) is 5.56 Å². The van der Waals surface area contributed by atoms with Crippen molar-refractivity contribution in [1.82, 2.24) is 4.72 Å². The molecule has 1 aromatic carbocycles. The first-order chi connectivity index (χ1) is 8.45. The maximum absolute atomic E-state index is 11.9. The summed E-state index contributed by atoms with van der Waals surface area (Å²) in [7, 11) is -2.28. The van der Waals surface area contributed by atoms with Crippen LogP contribution in [0, 0.1) is 0 Å². The van der Waals surface area contributed by atoms with Gasteiger partial charge in [-0.1, -0.05) is 12.1 Å². The molecular formula is C11H15F2NO3S. The van der Waals surface area contributed by atoms with E-state index in [1.54, 1.807) is 19.2 Å². The van der Waals surface area contributed by atoms with Crippen LogP contribution in [0.15, 0.2) is 29.2 Å². The van der Waals surface area contributed by atoms with Crippen LogP contribution in [0.2, 0.25) is 0 Å². The van der Waals surface area contributed by atoms with E-state index in [-0.39, 0.29) is 4.90 Å². The Balaban J connectivity index is 2.71. The average Bonchev–Trinajstić information content (AvgIpc) is 2.34. The highest BCUT2D eigenvalue weighted by molar-refractivity contribution is 7.89. The molecule has 0 spiro atoms. The smallest absolute Gasteiger partial charge is 0.251 e. The lowest BCUT2D eigenvalue weighted by Crippen LogP contribution is -2.28. The molecule has 1 rings (SSSR count). The van der Waals surface area contributed by atoms with Crippen LogP contribution in [0.1, 0.15) is 5.56 Å². The number of ether oxygens (including phenoxy) is 1. The van der Waals surface area contributed by atoms with Crippen molar-refractivity contribution in [2.75, 3.05) is 20.3 Å².